The fourth-order valence-corrected chi connectivity index (χ4v) is 3.25. The summed E-state index contributed by atoms with van der Waals surface area (Å²) >= 11 is 0. The van der Waals surface area contributed by atoms with E-state index in [-0.39, 0.29) is 5.82 Å². The molecule has 0 saturated heterocycles. The normalized spacial score (nSPS) is 10.7. The molecule has 0 aliphatic heterocycles. The lowest BCUT2D eigenvalue weighted by atomic mass is 10.1. The Balaban J connectivity index is 2.07. The third-order valence-corrected chi connectivity index (χ3v) is 4.47. The Morgan fingerprint density at radius 2 is 1.37 bits per heavy atom. The van der Waals surface area contributed by atoms with Crippen molar-refractivity contribution in [3.63, 3.8) is 0 Å². The quantitative estimate of drug-likeness (QED) is 0.335. The SMILES string of the molecule is COc1ccccc1-c1n(O)c(-c2ccccc2)c(-c2ccccc2)[n+]1[O-]. The first kappa shape index (κ1) is 16.7. The molecule has 27 heavy (non-hydrogen) atoms. The number of rotatable bonds is 4. The van der Waals surface area contributed by atoms with Gasteiger partial charge in [-0.05, 0) is 16.9 Å². The predicted molar refractivity (Wildman–Crippen MR) is 103 cm³/mol. The summed E-state index contributed by atoms with van der Waals surface area (Å²) < 4.78 is 7.10. The minimum Gasteiger partial charge on any atom is -0.710 e. The molecule has 0 aliphatic carbocycles. The summed E-state index contributed by atoms with van der Waals surface area (Å²) in [5.41, 5.74) is 2.78. The summed E-state index contributed by atoms with van der Waals surface area (Å²) in [6, 6.07) is 25.8. The van der Waals surface area contributed by atoms with Gasteiger partial charge < -0.3 is 15.2 Å². The molecule has 0 fully saturated rings. The Morgan fingerprint density at radius 3 is 2.00 bits per heavy atom. The first-order valence-corrected chi connectivity index (χ1v) is 8.54. The molecule has 134 valence electrons. The molecular formula is C22H18N2O3. The zero-order chi connectivity index (χ0) is 18.8. The second-order valence-corrected chi connectivity index (χ2v) is 6.06. The van der Waals surface area contributed by atoms with Crippen LogP contribution in [-0.4, -0.2) is 17.0 Å². The van der Waals surface area contributed by atoms with Crippen LogP contribution in [0.2, 0.25) is 0 Å². The maximum atomic E-state index is 13.3. The highest BCUT2D eigenvalue weighted by Gasteiger charge is 2.32. The minimum absolute atomic E-state index is 0.102. The van der Waals surface area contributed by atoms with Crippen LogP contribution in [0.3, 0.4) is 0 Å². The second-order valence-electron chi connectivity index (χ2n) is 6.06. The predicted octanol–water partition coefficient (Wildman–Crippen LogP) is 4.37. The van der Waals surface area contributed by atoms with Gasteiger partial charge >= 0.3 is 5.82 Å². The van der Waals surface area contributed by atoms with Crippen LogP contribution in [0.5, 0.6) is 5.75 Å². The molecule has 0 bridgehead atoms. The van der Waals surface area contributed by atoms with Gasteiger partial charge in [0.1, 0.15) is 11.3 Å². The van der Waals surface area contributed by atoms with Gasteiger partial charge in [-0.3, -0.25) is 0 Å². The Bertz CT molecular complexity index is 1010. The number of para-hydroxylation sites is 1. The largest absolute Gasteiger partial charge is 0.710 e. The average Bonchev–Trinajstić information content (AvgIpc) is 2.99. The molecule has 0 atom stereocenters. The van der Waals surface area contributed by atoms with Crippen LogP contribution in [0.25, 0.3) is 33.9 Å². The van der Waals surface area contributed by atoms with Crippen LogP contribution in [0.15, 0.2) is 84.9 Å². The molecule has 5 nitrogen and oxygen atoms in total. The van der Waals surface area contributed by atoms with E-state index in [1.54, 1.807) is 18.2 Å². The molecule has 0 unspecified atom stereocenters. The number of benzene rings is 3. The van der Waals surface area contributed by atoms with Crippen LogP contribution in [0, 0.1) is 5.21 Å². The zero-order valence-corrected chi connectivity index (χ0v) is 14.7. The van der Waals surface area contributed by atoms with Crippen molar-refractivity contribution in [1.82, 2.24) is 4.73 Å². The van der Waals surface area contributed by atoms with Crippen molar-refractivity contribution in [1.29, 1.82) is 0 Å². The minimum atomic E-state index is 0.102. The maximum Gasteiger partial charge on any atom is 0.336 e. The Kier molecular flexibility index (Phi) is 4.26. The van der Waals surface area contributed by atoms with E-state index < -0.39 is 0 Å². The molecule has 0 amide bonds. The van der Waals surface area contributed by atoms with E-state index in [1.165, 1.54) is 7.11 Å². The van der Waals surface area contributed by atoms with Gasteiger partial charge in [0.15, 0.2) is 5.69 Å². The van der Waals surface area contributed by atoms with Gasteiger partial charge in [-0.15, -0.1) is 0 Å². The van der Waals surface area contributed by atoms with Gasteiger partial charge in [-0.25, -0.2) is 4.73 Å². The topological polar surface area (TPSA) is 61.3 Å². The molecule has 4 rings (SSSR count). The van der Waals surface area contributed by atoms with Crippen LogP contribution in [0.1, 0.15) is 0 Å². The third kappa shape index (κ3) is 2.79. The molecule has 4 aromatic rings. The van der Waals surface area contributed by atoms with E-state index in [4.69, 9.17) is 4.74 Å². The standard InChI is InChI=1S/C22H18N2O3/c1-27-19-15-9-8-14-18(19)22-23(25)20(16-10-4-2-5-11-16)21(24(22)26)17-12-6-3-7-13-17/h2-15,25H,1H3. The van der Waals surface area contributed by atoms with Gasteiger partial charge in [0, 0.05) is 11.1 Å². The Hall–Kier alpha value is -3.73. The number of imidazole rings is 1. The fourth-order valence-electron chi connectivity index (χ4n) is 3.25. The van der Waals surface area contributed by atoms with Crippen molar-refractivity contribution in [3.05, 3.63) is 90.1 Å². The van der Waals surface area contributed by atoms with Crippen LogP contribution in [-0.2, 0) is 0 Å². The van der Waals surface area contributed by atoms with Gasteiger partial charge in [-0.1, -0.05) is 72.8 Å². The summed E-state index contributed by atoms with van der Waals surface area (Å²) in [4.78, 5) is 0. The number of ether oxygens (including phenoxy) is 1. The summed E-state index contributed by atoms with van der Waals surface area (Å²) in [6.45, 7) is 0. The van der Waals surface area contributed by atoms with Gasteiger partial charge in [0.2, 0.25) is 5.69 Å². The Labute approximate surface area is 156 Å². The van der Waals surface area contributed by atoms with Crippen molar-refractivity contribution < 1.29 is 14.7 Å². The molecule has 1 aromatic heterocycles. The van der Waals surface area contributed by atoms with E-state index in [2.05, 4.69) is 0 Å². The first-order valence-electron chi connectivity index (χ1n) is 8.54. The van der Waals surface area contributed by atoms with Crippen molar-refractivity contribution >= 4 is 0 Å². The van der Waals surface area contributed by atoms with Gasteiger partial charge in [-0.2, -0.15) is 0 Å². The summed E-state index contributed by atoms with van der Waals surface area (Å²) in [5, 5.41) is 24.4. The zero-order valence-electron chi connectivity index (χ0n) is 14.7. The molecular weight excluding hydrogens is 340 g/mol. The molecule has 0 spiro atoms. The third-order valence-electron chi connectivity index (χ3n) is 4.47. The number of hydrogen-bond acceptors (Lipinski definition) is 3. The van der Waals surface area contributed by atoms with Crippen molar-refractivity contribution in [2.75, 3.05) is 7.11 Å². The maximum absolute atomic E-state index is 13.3. The Morgan fingerprint density at radius 1 is 0.815 bits per heavy atom. The highest BCUT2D eigenvalue weighted by Crippen LogP contribution is 2.36. The molecule has 0 radical (unpaired) electrons. The lowest BCUT2D eigenvalue weighted by Crippen LogP contribution is -2.30. The first-order chi connectivity index (χ1) is 13.2. The number of aromatic nitrogens is 2. The molecule has 0 aliphatic rings. The van der Waals surface area contributed by atoms with Crippen LogP contribution in [0.4, 0.5) is 0 Å². The molecule has 1 N–H and O–H groups in total. The van der Waals surface area contributed by atoms with E-state index >= 15 is 0 Å². The molecule has 0 saturated carbocycles. The fraction of sp³-hybridized carbons (Fsp3) is 0.0455. The van der Waals surface area contributed by atoms with Crippen molar-refractivity contribution in [3.8, 4) is 39.7 Å². The van der Waals surface area contributed by atoms with Crippen molar-refractivity contribution in [2.45, 2.75) is 0 Å². The number of methoxy groups -OCH3 is 1. The molecule has 5 heteroatoms. The van der Waals surface area contributed by atoms with E-state index in [1.807, 2.05) is 66.7 Å². The van der Waals surface area contributed by atoms with E-state index in [9.17, 15) is 10.4 Å². The second kappa shape index (κ2) is 6.88. The van der Waals surface area contributed by atoms with Gasteiger partial charge in [0.25, 0.3) is 0 Å². The van der Waals surface area contributed by atoms with E-state index in [0.29, 0.717) is 22.7 Å². The number of nitrogens with zero attached hydrogens (tertiary/aromatic N) is 2. The summed E-state index contributed by atoms with van der Waals surface area (Å²) in [5.74, 6) is 0.610. The van der Waals surface area contributed by atoms with E-state index in [0.717, 1.165) is 20.6 Å². The molecule has 1 heterocycles. The highest BCUT2D eigenvalue weighted by molar-refractivity contribution is 5.79. The van der Waals surface area contributed by atoms with Crippen molar-refractivity contribution in [2.24, 2.45) is 0 Å². The number of hydrogen-bond donors (Lipinski definition) is 1. The van der Waals surface area contributed by atoms with Crippen LogP contribution >= 0.6 is 0 Å². The summed E-state index contributed by atoms with van der Waals surface area (Å²) in [7, 11) is 1.54. The van der Waals surface area contributed by atoms with Crippen LogP contribution < -0.4 is 9.47 Å². The smallest absolute Gasteiger partial charge is 0.336 e. The molecule has 3 aromatic carbocycles. The highest BCUT2D eigenvalue weighted by atomic mass is 16.5. The lowest BCUT2D eigenvalue weighted by molar-refractivity contribution is -0.582. The van der Waals surface area contributed by atoms with Gasteiger partial charge in [0.05, 0.1) is 7.11 Å². The monoisotopic (exact) mass is 358 g/mol. The lowest BCUT2D eigenvalue weighted by Gasteiger charge is -2.09. The summed E-state index contributed by atoms with van der Waals surface area (Å²) in [6.07, 6.45) is 0. The average molecular weight is 358 g/mol.